The molecule has 0 saturated heterocycles. The van der Waals surface area contributed by atoms with Crippen molar-refractivity contribution in [2.75, 3.05) is 5.32 Å². The summed E-state index contributed by atoms with van der Waals surface area (Å²) in [6.07, 6.45) is 0. The van der Waals surface area contributed by atoms with Crippen molar-refractivity contribution in [3.63, 3.8) is 0 Å². The number of carbonyl (C=O) groups excluding carboxylic acids is 1. The van der Waals surface area contributed by atoms with Gasteiger partial charge >= 0.3 is 0 Å². The standard InChI is InChI=1S/C13H8BrFN2O3/c14-9-1-3-11(4-2-9)16-13(18)8-5-10(15)7-12(6-8)17(19)20/h1-7H,(H,16,18). The number of rotatable bonds is 3. The number of nitrogens with zero attached hydrogens (tertiary/aromatic N) is 1. The van der Waals surface area contributed by atoms with Gasteiger partial charge in [-0.1, -0.05) is 15.9 Å². The van der Waals surface area contributed by atoms with E-state index < -0.39 is 22.3 Å². The highest BCUT2D eigenvalue weighted by molar-refractivity contribution is 9.10. The average Bonchev–Trinajstić information content (AvgIpc) is 2.40. The van der Waals surface area contributed by atoms with Crippen LogP contribution < -0.4 is 5.32 Å². The Balaban J connectivity index is 2.25. The van der Waals surface area contributed by atoms with Crippen LogP contribution in [-0.4, -0.2) is 10.8 Å². The molecule has 0 fully saturated rings. The van der Waals surface area contributed by atoms with Crippen LogP contribution in [0.25, 0.3) is 0 Å². The molecule has 0 aliphatic rings. The number of nitro benzene ring substituents is 1. The van der Waals surface area contributed by atoms with E-state index in [0.717, 1.165) is 22.7 Å². The zero-order chi connectivity index (χ0) is 14.7. The minimum absolute atomic E-state index is 0.111. The smallest absolute Gasteiger partial charge is 0.273 e. The second-order valence-corrected chi connectivity index (χ2v) is 4.83. The molecular weight excluding hydrogens is 331 g/mol. The van der Waals surface area contributed by atoms with Crippen LogP contribution in [0.3, 0.4) is 0 Å². The minimum atomic E-state index is -0.833. The number of anilines is 1. The Morgan fingerprint density at radius 2 is 1.85 bits per heavy atom. The number of hydrogen-bond donors (Lipinski definition) is 1. The molecule has 1 amide bonds. The summed E-state index contributed by atoms with van der Waals surface area (Å²) in [4.78, 5) is 21.8. The van der Waals surface area contributed by atoms with E-state index in [4.69, 9.17) is 0 Å². The Kier molecular flexibility index (Phi) is 4.09. The predicted octanol–water partition coefficient (Wildman–Crippen LogP) is 3.75. The van der Waals surface area contributed by atoms with E-state index in [0.29, 0.717) is 5.69 Å². The van der Waals surface area contributed by atoms with Crippen molar-refractivity contribution in [3.05, 3.63) is 68.4 Å². The zero-order valence-corrected chi connectivity index (χ0v) is 11.6. The fraction of sp³-hybridized carbons (Fsp3) is 0. The number of halogens is 2. The van der Waals surface area contributed by atoms with Crippen LogP contribution in [0.4, 0.5) is 15.8 Å². The highest BCUT2D eigenvalue weighted by Gasteiger charge is 2.14. The van der Waals surface area contributed by atoms with Gasteiger partial charge in [-0.25, -0.2) is 4.39 Å². The molecule has 0 aliphatic carbocycles. The summed E-state index contributed by atoms with van der Waals surface area (Å²) in [5, 5.41) is 13.2. The molecule has 0 bridgehead atoms. The lowest BCUT2D eigenvalue weighted by atomic mass is 10.1. The number of carbonyl (C=O) groups is 1. The van der Waals surface area contributed by atoms with E-state index in [-0.39, 0.29) is 5.56 Å². The molecule has 0 heterocycles. The van der Waals surface area contributed by atoms with Crippen LogP contribution in [0.2, 0.25) is 0 Å². The number of nitrogens with one attached hydrogen (secondary N) is 1. The van der Waals surface area contributed by atoms with Gasteiger partial charge in [0.2, 0.25) is 0 Å². The van der Waals surface area contributed by atoms with Crippen molar-refractivity contribution in [1.29, 1.82) is 0 Å². The third-order valence-corrected chi connectivity index (χ3v) is 2.99. The number of amides is 1. The van der Waals surface area contributed by atoms with Gasteiger partial charge < -0.3 is 5.32 Å². The molecule has 0 atom stereocenters. The molecule has 0 spiro atoms. The SMILES string of the molecule is O=C(Nc1ccc(Br)cc1)c1cc(F)cc([N+](=O)[O-])c1. The van der Waals surface area contributed by atoms with Gasteiger partial charge in [-0.15, -0.1) is 0 Å². The number of benzene rings is 2. The number of non-ortho nitro benzene ring substituents is 1. The molecule has 102 valence electrons. The summed E-state index contributed by atoms with van der Waals surface area (Å²) in [6.45, 7) is 0. The summed E-state index contributed by atoms with van der Waals surface area (Å²) >= 11 is 3.25. The number of hydrogen-bond acceptors (Lipinski definition) is 3. The Morgan fingerprint density at radius 1 is 1.20 bits per heavy atom. The highest BCUT2D eigenvalue weighted by Crippen LogP contribution is 2.19. The Labute approximate surface area is 121 Å². The molecule has 2 aromatic rings. The fourth-order valence-electron chi connectivity index (χ4n) is 1.55. The molecule has 7 heteroatoms. The maximum absolute atomic E-state index is 13.2. The molecule has 0 aromatic heterocycles. The zero-order valence-electron chi connectivity index (χ0n) is 9.97. The van der Waals surface area contributed by atoms with E-state index in [2.05, 4.69) is 21.2 Å². The minimum Gasteiger partial charge on any atom is -0.322 e. The van der Waals surface area contributed by atoms with Crippen molar-refractivity contribution >= 4 is 33.2 Å². The van der Waals surface area contributed by atoms with E-state index >= 15 is 0 Å². The first-order valence-corrected chi connectivity index (χ1v) is 6.27. The first-order chi connectivity index (χ1) is 9.45. The molecule has 2 aromatic carbocycles. The highest BCUT2D eigenvalue weighted by atomic mass is 79.9. The third-order valence-electron chi connectivity index (χ3n) is 2.46. The largest absolute Gasteiger partial charge is 0.322 e. The molecular formula is C13H8BrFN2O3. The van der Waals surface area contributed by atoms with Crippen molar-refractivity contribution in [2.24, 2.45) is 0 Å². The van der Waals surface area contributed by atoms with Crippen molar-refractivity contribution in [3.8, 4) is 0 Å². The van der Waals surface area contributed by atoms with Crippen LogP contribution >= 0.6 is 15.9 Å². The summed E-state index contributed by atoms with van der Waals surface area (Å²) in [5.74, 6) is -1.45. The van der Waals surface area contributed by atoms with Crippen LogP contribution in [0.5, 0.6) is 0 Å². The first kappa shape index (κ1) is 14.1. The lowest BCUT2D eigenvalue weighted by Gasteiger charge is -2.05. The lowest BCUT2D eigenvalue weighted by Crippen LogP contribution is -2.12. The predicted molar refractivity (Wildman–Crippen MR) is 75.1 cm³/mol. The summed E-state index contributed by atoms with van der Waals surface area (Å²) in [6, 6.07) is 9.48. The summed E-state index contributed by atoms with van der Waals surface area (Å²) in [7, 11) is 0. The molecule has 0 radical (unpaired) electrons. The molecule has 0 aliphatic heterocycles. The van der Waals surface area contributed by atoms with E-state index in [9.17, 15) is 19.3 Å². The monoisotopic (exact) mass is 338 g/mol. The average molecular weight is 339 g/mol. The second kappa shape index (κ2) is 5.79. The molecule has 0 saturated carbocycles. The Bertz CT molecular complexity index is 674. The maximum atomic E-state index is 13.2. The molecule has 5 nitrogen and oxygen atoms in total. The Morgan fingerprint density at radius 3 is 2.45 bits per heavy atom. The van der Waals surface area contributed by atoms with Gasteiger partial charge in [-0.05, 0) is 30.3 Å². The quantitative estimate of drug-likeness (QED) is 0.684. The van der Waals surface area contributed by atoms with Gasteiger partial charge in [0.05, 0.1) is 11.0 Å². The molecule has 0 unspecified atom stereocenters. The van der Waals surface area contributed by atoms with Crippen molar-refractivity contribution < 1.29 is 14.1 Å². The summed E-state index contributed by atoms with van der Waals surface area (Å²) in [5.41, 5.74) is -0.0734. The van der Waals surface area contributed by atoms with Gasteiger partial charge in [0.1, 0.15) is 5.82 Å². The van der Waals surface area contributed by atoms with Gasteiger partial charge in [0.15, 0.2) is 0 Å². The molecule has 1 N–H and O–H groups in total. The van der Waals surface area contributed by atoms with E-state index in [1.54, 1.807) is 24.3 Å². The van der Waals surface area contributed by atoms with Gasteiger partial charge in [-0.3, -0.25) is 14.9 Å². The molecule has 20 heavy (non-hydrogen) atoms. The van der Waals surface area contributed by atoms with Crippen LogP contribution in [-0.2, 0) is 0 Å². The van der Waals surface area contributed by atoms with Gasteiger partial charge in [-0.2, -0.15) is 0 Å². The van der Waals surface area contributed by atoms with E-state index in [1.807, 2.05) is 0 Å². The van der Waals surface area contributed by atoms with Gasteiger partial charge in [0, 0.05) is 21.8 Å². The maximum Gasteiger partial charge on any atom is 0.273 e. The third kappa shape index (κ3) is 3.39. The van der Waals surface area contributed by atoms with Crippen LogP contribution in [0, 0.1) is 15.9 Å². The summed E-state index contributed by atoms with van der Waals surface area (Å²) < 4.78 is 14.1. The van der Waals surface area contributed by atoms with Crippen molar-refractivity contribution in [1.82, 2.24) is 0 Å². The van der Waals surface area contributed by atoms with Crippen molar-refractivity contribution in [2.45, 2.75) is 0 Å². The fourth-order valence-corrected chi connectivity index (χ4v) is 1.81. The lowest BCUT2D eigenvalue weighted by molar-refractivity contribution is -0.385. The Hall–Kier alpha value is -2.28. The van der Waals surface area contributed by atoms with E-state index in [1.165, 1.54) is 0 Å². The molecule has 2 rings (SSSR count). The number of nitro groups is 1. The second-order valence-electron chi connectivity index (χ2n) is 3.92. The van der Waals surface area contributed by atoms with Crippen LogP contribution in [0.15, 0.2) is 46.9 Å². The topological polar surface area (TPSA) is 72.2 Å². The first-order valence-electron chi connectivity index (χ1n) is 5.47. The van der Waals surface area contributed by atoms with Crippen LogP contribution in [0.1, 0.15) is 10.4 Å². The normalized spacial score (nSPS) is 10.1. The van der Waals surface area contributed by atoms with Gasteiger partial charge in [0.25, 0.3) is 11.6 Å².